The Morgan fingerprint density at radius 1 is 1.24 bits per heavy atom. The SMILES string of the molecule is CCCCCOc1ccc(NC(=S)NC(=O)c2cncc(N)c2)cc1C(F)(F)F. The molecular weight excluding hydrogens is 405 g/mol. The fourth-order valence-electron chi connectivity index (χ4n) is 2.41. The highest BCUT2D eigenvalue weighted by atomic mass is 32.1. The maximum Gasteiger partial charge on any atom is 0.420 e. The van der Waals surface area contributed by atoms with Crippen LogP contribution >= 0.6 is 12.2 Å². The van der Waals surface area contributed by atoms with Crippen molar-refractivity contribution < 1.29 is 22.7 Å². The van der Waals surface area contributed by atoms with Crippen molar-refractivity contribution >= 4 is 34.6 Å². The maximum absolute atomic E-state index is 13.4. The third-order valence-electron chi connectivity index (χ3n) is 3.80. The molecule has 0 bridgehead atoms. The minimum atomic E-state index is -4.60. The molecule has 0 aliphatic carbocycles. The molecule has 0 unspecified atom stereocenters. The van der Waals surface area contributed by atoms with E-state index in [1.807, 2.05) is 6.92 Å². The van der Waals surface area contributed by atoms with Crippen LogP contribution in [0.15, 0.2) is 36.7 Å². The number of hydrogen-bond acceptors (Lipinski definition) is 5. The van der Waals surface area contributed by atoms with E-state index in [-0.39, 0.29) is 28.7 Å². The number of nitrogen functional groups attached to an aromatic ring is 1. The maximum atomic E-state index is 13.4. The summed E-state index contributed by atoms with van der Waals surface area (Å²) in [6.45, 7) is 2.19. The van der Waals surface area contributed by atoms with Gasteiger partial charge in [-0.2, -0.15) is 13.2 Å². The van der Waals surface area contributed by atoms with Crippen molar-refractivity contribution in [2.75, 3.05) is 17.7 Å². The van der Waals surface area contributed by atoms with Crippen LogP contribution < -0.4 is 21.1 Å². The number of carbonyl (C=O) groups is 1. The number of halogens is 3. The second-order valence-electron chi connectivity index (χ2n) is 6.18. The Morgan fingerprint density at radius 2 is 2.00 bits per heavy atom. The molecule has 2 aromatic rings. The van der Waals surface area contributed by atoms with Crippen LogP contribution in [0.5, 0.6) is 5.75 Å². The van der Waals surface area contributed by atoms with E-state index in [0.717, 1.165) is 18.9 Å². The standard InChI is InChI=1S/C19H21F3N4O2S/c1-2-3-4-7-28-16-6-5-14(9-15(16)19(20,21)22)25-18(29)26-17(27)12-8-13(23)11-24-10-12/h5-6,8-11H,2-4,7,23H2,1H3,(H2,25,26,27,29). The van der Waals surface area contributed by atoms with Crippen molar-refractivity contribution in [1.82, 2.24) is 10.3 Å². The minimum absolute atomic E-state index is 0.0641. The highest BCUT2D eigenvalue weighted by Gasteiger charge is 2.34. The summed E-state index contributed by atoms with van der Waals surface area (Å²) in [5.41, 5.74) is 5.17. The molecule has 0 radical (unpaired) electrons. The number of hydrogen-bond donors (Lipinski definition) is 3. The zero-order valence-electron chi connectivity index (χ0n) is 15.7. The van der Waals surface area contributed by atoms with Crippen LogP contribution in [-0.2, 0) is 6.18 Å². The first kappa shape index (κ1) is 22.4. The van der Waals surface area contributed by atoms with Gasteiger partial charge in [0.2, 0.25) is 0 Å². The Labute approximate surface area is 171 Å². The molecule has 0 aliphatic rings. The number of rotatable bonds is 7. The molecule has 1 amide bonds. The molecule has 0 aliphatic heterocycles. The largest absolute Gasteiger partial charge is 0.493 e. The Kier molecular flexibility index (Phi) is 7.77. The second-order valence-corrected chi connectivity index (χ2v) is 6.59. The van der Waals surface area contributed by atoms with Gasteiger partial charge in [-0.1, -0.05) is 19.8 Å². The van der Waals surface area contributed by atoms with E-state index in [0.29, 0.717) is 12.1 Å². The fourth-order valence-corrected chi connectivity index (χ4v) is 2.62. The van der Waals surface area contributed by atoms with Gasteiger partial charge in [0.1, 0.15) is 5.75 Å². The highest BCUT2D eigenvalue weighted by Crippen LogP contribution is 2.38. The van der Waals surface area contributed by atoms with Crippen molar-refractivity contribution in [3.63, 3.8) is 0 Å². The Morgan fingerprint density at radius 3 is 2.66 bits per heavy atom. The molecule has 1 aromatic carbocycles. The molecule has 156 valence electrons. The van der Waals surface area contributed by atoms with Crippen LogP contribution in [0.2, 0.25) is 0 Å². The van der Waals surface area contributed by atoms with Crippen LogP contribution in [-0.4, -0.2) is 22.6 Å². The molecular formula is C19H21F3N4O2S. The minimum Gasteiger partial charge on any atom is -0.493 e. The smallest absolute Gasteiger partial charge is 0.420 e. The molecule has 0 saturated carbocycles. The van der Waals surface area contributed by atoms with Crippen LogP contribution in [0.25, 0.3) is 0 Å². The van der Waals surface area contributed by atoms with Gasteiger partial charge in [-0.3, -0.25) is 15.1 Å². The third-order valence-corrected chi connectivity index (χ3v) is 4.00. The van der Waals surface area contributed by atoms with E-state index >= 15 is 0 Å². The number of alkyl halides is 3. The molecule has 0 saturated heterocycles. The monoisotopic (exact) mass is 426 g/mol. The molecule has 0 spiro atoms. The van der Waals surface area contributed by atoms with Gasteiger partial charge in [-0.15, -0.1) is 0 Å². The normalized spacial score (nSPS) is 11.0. The van der Waals surface area contributed by atoms with E-state index in [4.69, 9.17) is 22.7 Å². The van der Waals surface area contributed by atoms with Crippen molar-refractivity contribution in [2.45, 2.75) is 32.4 Å². The first-order chi connectivity index (χ1) is 13.7. The lowest BCUT2D eigenvalue weighted by Gasteiger charge is -2.16. The summed E-state index contributed by atoms with van der Waals surface area (Å²) in [6, 6.07) is 4.90. The molecule has 1 aromatic heterocycles. The molecule has 2 rings (SSSR count). The van der Waals surface area contributed by atoms with Crippen molar-refractivity contribution in [3.05, 3.63) is 47.8 Å². The molecule has 0 fully saturated rings. The Bertz CT molecular complexity index is 875. The second kappa shape index (κ2) is 10.1. The Hall–Kier alpha value is -2.88. The van der Waals surface area contributed by atoms with Crippen LogP contribution in [0.4, 0.5) is 24.5 Å². The zero-order chi connectivity index (χ0) is 21.4. The van der Waals surface area contributed by atoms with Gasteiger partial charge in [0, 0.05) is 18.1 Å². The number of ether oxygens (including phenoxy) is 1. The van der Waals surface area contributed by atoms with E-state index in [1.54, 1.807) is 0 Å². The number of aromatic nitrogens is 1. The molecule has 6 nitrogen and oxygen atoms in total. The fraction of sp³-hybridized carbons (Fsp3) is 0.316. The summed E-state index contributed by atoms with van der Waals surface area (Å²) < 4.78 is 45.4. The number of amides is 1. The summed E-state index contributed by atoms with van der Waals surface area (Å²) in [6.07, 6.45) is 0.544. The lowest BCUT2D eigenvalue weighted by atomic mass is 10.1. The summed E-state index contributed by atoms with van der Waals surface area (Å²) in [4.78, 5) is 15.9. The molecule has 1 heterocycles. The van der Waals surface area contributed by atoms with E-state index in [2.05, 4.69) is 15.6 Å². The number of nitrogens with one attached hydrogen (secondary N) is 2. The number of benzene rings is 1. The lowest BCUT2D eigenvalue weighted by Crippen LogP contribution is -2.34. The molecule has 29 heavy (non-hydrogen) atoms. The van der Waals surface area contributed by atoms with Gasteiger partial charge in [-0.05, 0) is 42.9 Å². The average Bonchev–Trinajstić information content (AvgIpc) is 2.65. The first-order valence-corrected chi connectivity index (χ1v) is 9.28. The number of anilines is 2. The Balaban J connectivity index is 2.07. The van der Waals surface area contributed by atoms with Crippen molar-refractivity contribution in [1.29, 1.82) is 0 Å². The quantitative estimate of drug-likeness (QED) is 0.450. The third kappa shape index (κ3) is 6.90. The van der Waals surface area contributed by atoms with E-state index in [1.165, 1.54) is 30.6 Å². The molecule has 0 atom stereocenters. The van der Waals surface area contributed by atoms with Crippen LogP contribution in [0.1, 0.15) is 42.1 Å². The van der Waals surface area contributed by atoms with Gasteiger partial charge in [0.15, 0.2) is 5.11 Å². The van der Waals surface area contributed by atoms with E-state index in [9.17, 15) is 18.0 Å². The predicted molar refractivity (Wildman–Crippen MR) is 109 cm³/mol. The summed E-state index contributed by atoms with van der Waals surface area (Å²) in [5.74, 6) is -0.839. The summed E-state index contributed by atoms with van der Waals surface area (Å²) >= 11 is 5.01. The number of carbonyl (C=O) groups excluding carboxylic acids is 1. The number of nitrogens with two attached hydrogens (primary N) is 1. The van der Waals surface area contributed by atoms with Gasteiger partial charge < -0.3 is 15.8 Å². The molecule has 4 N–H and O–H groups in total. The predicted octanol–water partition coefficient (Wildman–Crippen LogP) is 4.38. The van der Waals surface area contributed by atoms with Crippen molar-refractivity contribution in [2.24, 2.45) is 0 Å². The average molecular weight is 426 g/mol. The first-order valence-electron chi connectivity index (χ1n) is 8.87. The topological polar surface area (TPSA) is 89.3 Å². The van der Waals surface area contributed by atoms with E-state index < -0.39 is 17.6 Å². The number of unbranched alkanes of at least 4 members (excludes halogenated alkanes) is 2. The molecule has 10 heteroatoms. The number of thiocarbonyl (C=S) groups is 1. The van der Waals surface area contributed by atoms with Gasteiger partial charge in [0.05, 0.1) is 23.4 Å². The highest BCUT2D eigenvalue weighted by molar-refractivity contribution is 7.80. The van der Waals surface area contributed by atoms with Gasteiger partial charge >= 0.3 is 6.18 Å². The lowest BCUT2D eigenvalue weighted by molar-refractivity contribution is -0.138. The zero-order valence-corrected chi connectivity index (χ0v) is 16.5. The van der Waals surface area contributed by atoms with Crippen LogP contribution in [0.3, 0.4) is 0 Å². The van der Waals surface area contributed by atoms with Gasteiger partial charge in [0.25, 0.3) is 5.91 Å². The van der Waals surface area contributed by atoms with Gasteiger partial charge in [-0.25, -0.2) is 0 Å². The number of nitrogens with zero attached hydrogens (tertiary/aromatic N) is 1. The summed E-state index contributed by atoms with van der Waals surface area (Å²) in [5, 5.41) is 4.77. The van der Waals surface area contributed by atoms with Crippen LogP contribution in [0, 0.1) is 0 Å². The number of pyridine rings is 1. The summed E-state index contributed by atoms with van der Waals surface area (Å²) in [7, 11) is 0. The van der Waals surface area contributed by atoms with Crippen molar-refractivity contribution in [3.8, 4) is 5.75 Å².